The third kappa shape index (κ3) is 3.75. The van der Waals surface area contributed by atoms with Crippen molar-refractivity contribution >= 4 is 11.7 Å². The molecule has 0 bridgehead atoms. The zero-order valence-electron chi connectivity index (χ0n) is 15.2. The van der Waals surface area contributed by atoms with Crippen molar-refractivity contribution in [1.82, 2.24) is 5.32 Å². The number of likely N-dealkylation sites (N-methyl/N-ethyl adjacent to an activating group) is 1. The van der Waals surface area contributed by atoms with E-state index in [0.717, 1.165) is 57.8 Å². The summed E-state index contributed by atoms with van der Waals surface area (Å²) in [5.41, 5.74) is 3.51. The SMILES string of the molecule is CCCCN(C(=O)[N+]1(CC)CCNCC1)c1c(C)cccc1C. The van der Waals surface area contributed by atoms with Crippen LogP contribution >= 0.6 is 0 Å². The number of para-hydroxylation sites is 1. The molecule has 1 aliphatic heterocycles. The molecule has 0 saturated carbocycles. The smallest absolute Gasteiger partial charge is 0.306 e. The minimum Gasteiger partial charge on any atom is -0.306 e. The molecule has 128 valence electrons. The number of aryl methyl sites for hydroxylation is 2. The topological polar surface area (TPSA) is 32.3 Å². The molecule has 4 heteroatoms. The highest BCUT2D eigenvalue weighted by molar-refractivity contribution is 5.89. The number of nitrogens with zero attached hydrogens (tertiary/aromatic N) is 2. The molecular formula is C19H32N3O+. The summed E-state index contributed by atoms with van der Waals surface area (Å²) in [6, 6.07) is 6.58. The van der Waals surface area contributed by atoms with Crippen molar-refractivity contribution in [3.05, 3.63) is 29.3 Å². The van der Waals surface area contributed by atoms with Gasteiger partial charge in [0.25, 0.3) is 0 Å². The van der Waals surface area contributed by atoms with Crippen LogP contribution in [0.4, 0.5) is 10.5 Å². The number of anilines is 1. The molecular weight excluding hydrogens is 286 g/mol. The number of carbonyl (C=O) groups excluding carboxylic acids is 1. The molecule has 2 amide bonds. The Kier molecular flexibility index (Phi) is 6.19. The summed E-state index contributed by atoms with van der Waals surface area (Å²) < 4.78 is 0.574. The normalized spacial score (nSPS) is 17.0. The number of hydrogen-bond donors (Lipinski definition) is 1. The lowest BCUT2D eigenvalue weighted by atomic mass is 10.1. The van der Waals surface area contributed by atoms with Crippen LogP contribution in [0.1, 0.15) is 37.8 Å². The van der Waals surface area contributed by atoms with Crippen LogP contribution < -0.4 is 10.2 Å². The number of nitrogens with one attached hydrogen (secondary N) is 1. The highest BCUT2D eigenvalue weighted by Crippen LogP contribution is 2.28. The molecule has 1 saturated heterocycles. The molecule has 1 aromatic carbocycles. The van der Waals surface area contributed by atoms with E-state index in [-0.39, 0.29) is 6.03 Å². The lowest BCUT2D eigenvalue weighted by Gasteiger charge is -2.41. The monoisotopic (exact) mass is 318 g/mol. The fourth-order valence-electron chi connectivity index (χ4n) is 3.57. The van der Waals surface area contributed by atoms with Crippen molar-refractivity contribution in [2.24, 2.45) is 0 Å². The van der Waals surface area contributed by atoms with Gasteiger partial charge in [-0.05, 0) is 38.3 Å². The first-order chi connectivity index (χ1) is 11.1. The van der Waals surface area contributed by atoms with Gasteiger partial charge in [0.1, 0.15) is 0 Å². The van der Waals surface area contributed by atoms with E-state index >= 15 is 0 Å². The third-order valence-corrected chi connectivity index (χ3v) is 5.12. The van der Waals surface area contributed by atoms with Gasteiger partial charge in [0.05, 0.1) is 25.3 Å². The summed E-state index contributed by atoms with van der Waals surface area (Å²) in [7, 11) is 0. The van der Waals surface area contributed by atoms with E-state index in [0.29, 0.717) is 4.48 Å². The minimum atomic E-state index is 0.278. The fourth-order valence-corrected chi connectivity index (χ4v) is 3.57. The van der Waals surface area contributed by atoms with E-state index < -0.39 is 0 Å². The second-order valence-electron chi connectivity index (χ2n) is 6.69. The number of rotatable bonds is 5. The summed E-state index contributed by atoms with van der Waals surface area (Å²) in [4.78, 5) is 15.6. The van der Waals surface area contributed by atoms with Crippen LogP contribution in [-0.2, 0) is 0 Å². The molecule has 4 nitrogen and oxygen atoms in total. The molecule has 0 atom stereocenters. The average Bonchev–Trinajstić information content (AvgIpc) is 2.57. The van der Waals surface area contributed by atoms with Crippen LogP contribution in [-0.4, -0.2) is 49.8 Å². The van der Waals surface area contributed by atoms with Gasteiger partial charge in [-0.15, -0.1) is 0 Å². The van der Waals surface area contributed by atoms with Gasteiger partial charge in [-0.3, -0.25) is 4.90 Å². The molecule has 0 aromatic heterocycles. The number of hydrogen-bond acceptors (Lipinski definition) is 2. The van der Waals surface area contributed by atoms with Gasteiger partial charge in [0.15, 0.2) is 0 Å². The maximum absolute atomic E-state index is 13.5. The maximum atomic E-state index is 13.5. The molecule has 1 aromatic rings. The van der Waals surface area contributed by atoms with Crippen LogP contribution in [0.25, 0.3) is 0 Å². The van der Waals surface area contributed by atoms with E-state index in [1.807, 2.05) is 0 Å². The number of unbranched alkanes of at least 4 members (excludes halogenated alkanes) is 1. The number of amides is 2. The lowest BCUT2D eigenvalue weighted by Crippen LogP contribution is -2.65. The van der Waals surface area contributed by atoms with Crippen LogP contribution in [0.2, 0.25) is 0 Å². The Morgan fingerprint density at radius 2 is 1.78 bits per heavy atom. The van der Waals surface area contributed by atoms with Gasteiger partial charge in [-0.2, -0.15) is 0 Å². The number of quaternary nitrogens is 1. The number of urea groups is 1. The van der Waals surface area contributed by atoms with Gasteiger partial charge in [0.2, 0.25) is 0 Å². The van der Waals surface area contributed by atoms with Crippen molar-refractivity contribution in [1.29, 1.82) is 0 Å². The first kappa shape index (κ1) is 18.0. The fraction of sp³-hybridized carbons (Fsp3) is 0.632. The molecule has 1 heterocycles. The van der Waals surface area contributed by atoms with E-state index in [4.69, 9.17) is 0 Å². The molecule has 23 heavy (non-hydrogen) atoms. The summed E-state index contributed by atoms with van der Waals surface area (Å²) >= 11 is 0. The van der Waals surface area contributed by atoms with Crippen molar-refractivity contribution < 1.29 is 9.28 Å². The van der Waals surface area contributed by atoms with Crippen LogP contribution in [0, 0.1) is 13.8 Å². The number of benzene rings is 1. The Bertz CT molecular complexity index is 515. The molecule has 0 spiro atoms. The van der Waals surface area contributed by atoms with Crippen molar-refractivity contribution in [3.63, 3.8) is 0 Å². The largest absolute Gasteiger partial charge is 0.423 e. The second-order valence-corrected chi connectivity index (χ2v) is 6.69. The van der Waals surface area contributed by atoms with Crippen LogP contribution in [0.15, 0.2) is 18.2 Å². The zero-order chi connectivity index (χ0) is 16.9. The quantitative estimate of drug-likeness (QED) is 0.843. The standard InChI is InChI=1S/C19H32N3O/c1-5-7-13-21(18-16(3)9-8-10-17(18)4)19(23)22(6-2)14-11-20-12-15-22/h8-10,20H,5-7,11-15H2,1-4H3/q+1. The predicted octanol–water partition coefficient (Wildman–Crippen LogP) is 3.47. The van der Waals surface area contributed by atoms with E-state index in [2.05, 4.69) is 56.1 Å². The predicted molar refractivity (Wildman–Crippen MR) is 97.0 cm³/mol. The van der Waals surface area contributed by atoms with Gasteiger partial charge < -0.3 is 5.32 Å². The van der Waals surface area contributed by atoms with Gasteiger partial charge >= 0.3 is 6.03 Å². The Hall–Kier alpha value is -1.39. The van der Waals surface area contributed by atoms with Crippen molar-refractivity contribution in [2.75, 3.05) is 44.2 Å². The van der Waals surface area contributed by atoms with Gasteiger partial charge in [-0.1, -0.05) is 31.5 Å². The van der Waals surface area contributed by atoms with E-state index in [1.54, 1.807) is 0 Å². The molecule has 1 aliphatic rings. The number of carbonyl (C=O) groups is 1. The summed E-state index contributed by atoms with van der Waals surface area (Å²) in [5.74, 6) is 0. The van der Waals surface area contributed by atoms with E-state index in [1.165, 1.54) is 11.1 Å². The van der Waals surface area contributed by atoms with Crippen LogP contribution in [0.5, 0.6) is 0 Å². The molecule has 0 radical (unpaired) electrons. The summed E-state index contributed by atoms with van der Waals surface area (Å²) in [5, 5.41) is 3.39. The molecule has 0 unspecified atom stereocenters. The first-order valence-electron chi connectivity index (χ1n) is 9.01. The van der Waals surface area contributed by atoms with Gasteiger partial charge in [-0.25, -0.2) is 9.28 Å². The van der Waals surface area contributed by atoms with E-state index in [9.17, 15) is 4.79 Å². The van der Waals surface area contributed by atoms with Gasteiger partial charge in [0, 0.05) is 19.6 Å². The summed E-state index contributed by atoms with van der Waals surface area (Å²) in [6.07, 6.45) is 2.14. The van der Waals surface area contributed by atoms with Crippen molar-refractivity contribution in [3.8, 4) is 0 Å². The minimum absolute atomic E-state index is 0.278. The molecule has 1 N–H and O–H groups in total. The zero-order valence-corrected chi connectivity index (χ0v) is 15.2. The molecule has 0 aliphatic carbocycles. The highest BCUT2D eigenvalue weighted by Gasteiger charge is 2.41. The third-order valence-electron chi connectivity index (χ3n) is 5.12. The Morgan fingerprint density at radius 1 is 1.17 bits per heavy atom. The molecule has 2 rings (SSSR count). The number of piperazine rings is 1. The Labute approximate surface area is 141 Å². The lowest BCUT2D eigenvalue weighted by molar-refractivity contribution is -0.849. The maximum Gasteiger partial charge on any atom is 0.423 e. The average molecular weight is 318 g/mol. The Balaban J connectivity index is 2.39. The second kappa shape index (κ2) is 7.93. The first-order valence-corrected chi connectivity index (χ1v) is 9.01. The Morgan fingerprint density at radius 3 is 2.30 bits per heavy atom. The van der Waals surface area contributed by atoms with Crippen LogP contribution in [0.3, 0.4) is 0 Å². The van der Waals surface area contributed by atoms with Crippen molar-refractivity contribution in [2.45, 2.75) is 40.5 Å². The highest BCUT2D eigenvalue weighted by atomic mass is 16.2. The molecule has 1 fully saturated rings. The summed E-state index contributed by atoms with van der Waals surface area (Å²) in [6.45, 7) is 13.9.